The molecule has 0 bridgehead atoms. The van der Waals surface area contributed by atoms with Crippen LogP contribution in [0.15, 0.2) is 18.5 Å². The Morgan fingerprint density at radius 3 is 2.87 bits per heavy atom. The number of hydrogen-bond acceptors (Lipinski definition) is 5. The standard InChI is InChI=1S/C16H26N6O/c1-13-18-14(2)22(19-13)10-15-6-3-4-8-20(15)11-16(23)12-21-9-5-7-17-21/h5,7,9,15-16,23H,3-4,6,8,10-12H2,1-2H3. The fourth-order valence-electron chi connectivity index (χ4n) is 3.39. The van der Waals surface area contributed by atoms with Crippen molar-refractivity contribution in [3.05, 3.63) is 30.1 Å². The van der Waals surface area contributed by atoms with Crippen LogP contribution in [0.2, 0.25) is 0 Å². The summed E-state index contributed by atoms with van der Waals surface area (Å²) in [5, 5.41) is 19.0. The maximum atomic E-state index is 10.4. The summed E-state index contributed by atoms with van der Waals surface area (Å²) in [7, 11) is 0. The monoisotopic (exact) mass is 318 g/mol. The lowest BCUT2D eigenvalue weighted by Gasteiger charge is -2.36. The summed E-state index contributed by atoms with van der Waals surface area (Å²) in [6.45, 7) is 7.03. The number of piperidine rings is 1. The highest BCUT2D eigenvalue weighted by atomic mass is 16.3. The molecule has 2 unspecified atom stereocenters. The molecule has 0 saturated carbocycles. The molecule has 1 N–H and O–H groups in total. The first-order chi connectivity index (χ1) is 11.1. The molecular formula is C16H26N6O. The molecule has 0 spiro atoms. The average molecular weight is 318 g/mol. The van der Waals surface area contributed by atoms with E-state index in [1.807, 2.05) is 30.8 Å². The minimum Gasteiger partial charge on any atom is -0.390 e. The van der Waals surface area contributed by atoms with Crippen molar-refractivity contribution in [2.45, 2.75) is 58.3 Å². The molecule has 126 valence electrons. The number of hydrogen-bond donors (Lipinski definition) is 1. The van der Waals surface area contributed by atoms with E-state index in [0.717, 1.165) is 31.2 Å². The smallest absolute Gasteiger partial charge is 0.147 e. The Bertz CT molecular complexity index is 608. The molecule has 0 radical (unpaired) electrons. The predicted molar refractivity (Wildman–Crippen MR) is 86.9 cm³/mol. The Labute approximate surface area is 136 Å². The average Bonchev–Trinajstić information content (AvgIpc) is 3.11. The lowest BCUT2D eigenvalue weighted by atomic mass is 10.0. The van der Waals surface area contributed by atoms with E-state index in [9.17, 15) is 5.11 Å². The van der Waals surface area contributed by atoms with Gasteiger partial charge in [0.2, 0.25) is 0 Å². The molecule has 0 aliphatic carbocycles. The summed E-state index contributed by atoms with van der Waals surface area (Å²) >= 11 is 0. The maximum Gasteiger partial charge on any atom is 0.147 e. The molecule has 23 heavy (non-hydrogen) atoms. The summed E-state index contributed by atoms with van der Waals surface area (Å²) in [6.07, 6.45) is 6.80. The van der Waals surface area contributed by atoms with Gasteiger partial charge in [-0.2, -0.15) is 10.2 Å². The SMILES string of the molecule is Cc1nc(C)n(CC2CCCCN2CC(O)Cn2cccn2)n1. The third kappa shape index (κ3) is 4.17. The van der Waals surface area contributed by atoms with Crippen molar-refractivity contribution < 1.29 is 5.11 Å². The lowest BCUT2D eigenvalue weighted by molar-refractivity contribution is 0.0493. The highest BCUT2D eigenvalue weighted by molar-refractivity contribution is 4.90. The van der Waals surface area contributed by atoms with Crippen molar-refractivity contribution in [3.63, 3.8) is 0 Å². The normalized spacial score (nSPS) is 20.7. The highest BCUT2D eigenvalue weighted by Crippen LogP contribution is 2.19. The Hall–Kier alpha value is -1.73. The van der Waals surface area contributed by atoms with E-state index in [0.29, 0.717) is 19.1 Å². The summed E-state index contributed by atoms with van der Waals surface area (Å²) < 4.78 is 3.78. The van der Waals surface area contributed by atoms with Gasteiger partial charge in [-0.15, -0.1) is 0 Å². The molecule has 7 heteroatoms. The molecule has 2 atom stereocenters. The number of aliphatic hydroxyl groups excluding tert-OH is 1. The predicted octanol–water partition coefficient (Wildman–Crippen LogP) is 1.01. The van der Waals surface area contributed by atoms with E-state index < -0.39 is 6.10 Å². The van der Waals surface area contributed by atoms with Gasteiger partial charge in [0, 0.05) is 25.0 Å². The zero-order valence-electron chi connectivity index (χ0n) is 14.0. The van der Waals surface area contributed by atoms with Gasteiger partial charge in [-0.1, -0.05) is 6.42 Å². The van der Waals surface area contributed by atoms with Crippen molar-refractivity contribution in [2.75, 3.05) is 13.1 Å². The molecule has 1 aliphatic rings. The molecule has 0 aromatic carbocycles. The van der Waals surface area contributed by atoms with Crippen LogP contribution in [0.25, 0.3) is 0 Å². The zero-order valence-corrected chi connectivity index (χ0v) is 14.0. The van der Waals surface area contributed by atoms with E-state index in [1.165, 1.54) is 12.8 Å². The van der Waals surface area contributed by atoms with Gasteiger partial charge in [-0.3, -0.25) is 9.58 Å². The van der Waals surface area contributed by atoms with Crippen molar-refractivity contribution in [1.82, 2.24) is 29.4 Å². The van der Waals surface area contributed by atoms with Crippen LogP contribution in [0.4, 0.5) is 0 Å². The number of aromatic nitrogens is 5. The van der Waals surface area contributed by atoms with E-state index in [4.69, 9.17) is 0 Å². The van der Waals surface area contributed by atoms with Gasteiger partial charge in [0.25, 0.3) is 0 Å². The molecule has 1 aliphatic heterocycles. The molecule has 0 amide bonds. The quantitative estimate of drug-likeness (QED) is 0.860. The van der Waals surface area contributed by atoms with Gasteiger partial charge in [0.1, 0.15) is 11.6 Å². The largest absolute Gasteiger partial charge is 0.390 e. The molecular weight excluding hydrogens is 292 g/mol. The Morgan fingerprint density at radius 1 is 1.30 bits per heavy atom. The third-order valence-electron chi connectivity index (χ3n) is 4.50. The minimum atomic E-state index is -0.408. The van der Waals surface area contributed by atoms with Crippen LogP contribution >= 0.6 is 0 Å². The van der Waals surface area contributed by atoms with Gasteiger partial charge < -0.3 is 5.11 Å². The fraction of sp³-hybridized carbons (Fsp3) is 0.688. The Kier molecular flexibility index (Phi) is 5.07. The van der Waals surface area contributed by atoms with Gasteiger partial charge in [-0.05, 0) is 39.3 Å². The molecule has 2 aromatic heterocycles. The fourth-order valence-corrected chi connectivity index (χ4v) is 3.39. The van der Waals surface area contributed by atoms with Gasteiger partial charge in [0.15, 0.2) is 0 Å². The van der Waals surface area contributed by atoms with Crippen LogP contribution < -0.4 is 0 Å². The first-order valence-corrected chi connectivity index (χ1v) is 8.39. The Balaban J connectivity index is 1.60. The summed E-state index contributed by atoms with van der Waals surface area (Å²) in [6, 6.07) is 2.29. The minimum absolute atomic E-state index is 0.408. The Morgan fingerprint density at radius 2 is 2.17 bits per heavy atom. The van der Waals surface area contributed by atoms with Crippen molar-refractivity contribution in [3.8, 4) is 0 Å². The molecule has 7 nitrogen and oxygen atoms in total. The number of nitrogens with zero attached hydrogens (tertiary/aromatic N) is 6. The zero-order chi connectivity index (χ0) is 16.2. The van der Waals surface area contributed by atoms with Crippen LogP contribution in [0.1, 0.15) is 30.9 Å². The van der Waals surface area contributed by atoms with Crippen LogP contribution in [-0.4, -0.2) is 59.8 Å². The van der Waals surface area contributed by atoms with Crippen LogP contribution in [-0.2, 0) is 13.1 Å². The second kappa shape index (κ2) is 7.23. The van der Waals surface area contributed by atoms with Crippen molar-refractivity contribution >= 4 is 0 Å². The van der Waals surface area contributed by atoms with Gasteiger partial charge in [-0.25, -0.2) is 9.67 Å². The molecule has 3 rings (SSSR count). The molecule has 1 fully saturated rings. The van der Waals surface area contributed by atoms with Crippen LogP contribution in [0.3, 0.4) is 0 Å². The van der Waals surface area contributed by atoms with E-state index in [2.05, 4.69) is 20.1 Å². The van der Waals surface area contributed by atoms with Crippen LogP contribution in [0.5, 0.6) is 0 Å². The second-order valence-corrected chi connectivity index (χ2v) is 6.41. The summed E-state index contributed by atoms with van der Waals surface area (Å²) in [5.74, 6) is 1.79. The number of aryl methyl sites for hydroxylation is 2. The summed E-state index contributed by atoms with van der Waals surface area (Å²) in [5.41, 5.74) is 0. The summed E-state index contributed by atoms with van der Waals surface area (Å²) in [4.78, 5) is 6.78. The number of β-amino-alcohol motifs (C(OH)–C–C–N with tert-alkyl or cyclic N) is 1. The number of likely N-dealkylation sites (tertiary alicyclic amines) is 1. The number of aliphatic hydroxyl groups is 1. The topological polar surface area (TPSA) is 72.0 Å². The van der Waals surface area contributed by atoms with Gasteiger partial charge >= 0.3 is 0 Å². The first kappa shape index (κ1) is 16.1. The van der Waals surface area contributed by atoms with E-state index in [-0.39, 0.29) is 0 Å². The maximum absolute atomic E-state index is 10.4. The lowest BCUT2D eigenvalue weighted by Crippen LogP contribution is -2.46. The molecule has 2 aromatic rings. The van der Waals surface area contributed by atoms with Gasteiger partial charge in [0.05, 0.1) is 19.2 Å². The molecule has 3 heterocycles. The third-order valence-corrected chi connectivity index (χ3v) is 4.50. The molecule has 1 saturated heterocycles. The first-order valence-electron chi connectivity index (χ1n) is 8.39. The van der Waals surface area contributed by atoms with Crippen LogP contribution in [0, 0.1) is 13.8 Å². The number of rotatable bonds is 6. The van der Waals surface area contributed by atoms with E-state index in [1.54, 1.807) is 10.9 Å². The highest BCUT2D eigenvalue weighted by Gasteiger charge is 2.25. The second-order valence-electron chi connectivity index (χ2n) is 6.41. The van der Waals surface area contributed by atoms with E-state index >= 15 is 0 Å². The van der Waals surface area contributed by atoms with Crippen molar-refractivity contribution in [2.24, 2.45) is 0 Å². The van der Waals surface area contributed by atoms with Crippen molar-refractivity contribution in [1.29, 1.82) is 0 Å².